The molecule has 202 valence electrons. The minimum Gasteiger partial charge on any atom is -0.497 e. The van der Waals surface area contributed by atoms with Gasteiger partial charge in [-0.25, -0.2) is 4.98 Å². The highest BCUT2D eigenvalue weighted by Crippen LogP contribution is 2.36. The zero-order chi connectivity index (χ0) is 28.2. The summed E-state index contributed by atoms with van der Waals surface area (Å²) in [6.07, 6.45) is 0. The van der Waals surface area contributed by atoms with Crippen LogP contribution in [0.1, 0.15) is 5.56 Å². The monoisotopic (exact) mass is 577 g/mol. The van der Waals surface area contributed by atoms with Crippen molar-refractivity contribution in [1.29, 1.82) is 0 Å². The summed E-state index contributed by atoms with van der Waals surface area (Å²) in [5.41, 5.74) is 5.64. The van der Waals surface area contributed by atoms with Crippen LogP contribution < -0.4 is 4.74 Å². The van der Waals surface area contributed by atoms with Gasteiger partial charge >= 0.3 is 0 Å². The summed E-state index contributed by atoms with van der Waals surface area (Å²) in [4.78, 5) is 4.95. The molecule has 0 bridgehead atoms. The first kappa shape index (κ1) is 26.6. The van der Waals surface area contributed by atoms with Gasteiger partial charge in [-0.2, -0.15) is 0 Å². The van der Waals surface area contributed by atoms with E-state index in [1.165, 1.54) is 11.8 Å². The van der Waals surface area contributed by atoms with Crippen LogP contribution in [-0.4, -0.2) is 43.5 Å². The number of para-hydroxylation sites is 1. The van der Waals surface area contributed by atoms with E-state index < -0.39 is 0 Å². The van der Waals surface area contributed by atoms with Crippen LogP contribution in [0.3, 0.4) is 0 Å². The normalized spacial score (nSPS) is 11.6. The van der Waals surface area contributed by atoms with Gasteiger partial charge in [-0.3, -0.25) is 4.57 Å². The van der Waals surface area contributed by atoms with Crippen LogP contribution in [0.15, 0.2) is 120 Å². The predicted molar refractivity (Wildman–Crippen MR) is 165 cm³/mol. The average molecular weight is 578 g/mol. The van der Waals surface area contributed by atoms with E-state index in [0.717, 1.165) is 39.0 Å². The Hall–Kier alpha value is -4.66. The largest absolute Gasteiger partial charge is 0.497 e. The number of rotatable bonds is 8. The summed E-state index contributed by atoms with van der Waals surface area (Å²) in [5, 5.41) is 24.8. The molecule has 6 rings (SSSR count). The fraction of sp³-hybridized carbons (Fsp3) is 0.0625. The highest BCUT2D eigenvalue weighted by Gasteiger charge is 2.21. The number of thioether (sulfide) groups is 1. The molecule has 0 unspecified atom stereocenters. The van der Waals surface area contributed by atoms with Gasteiger partial charge in [0.2, 0.25) is 0 Å². The fourth-order valence-electron chi connectivity index (χ4n) is 4.57. The maximum absolute atomic E-state index is 9.76. The summed E-state index contributed by atoms with van der Waals surface area (Å²) in [5.74, 6) is 1.76. The molecule has 0 amide bonds. The van der Waals surface area contributed by atoms with Gasteiger partial charge in [-0.1, -0.05) is 89.2 Å². The maximum Gasteiger partial charge on any atom is 0.196 e. The second-order valence-corrected chi connectivity index (χ2v) is 10.5. The molecule has 7 nitrogen and oxygen atoms in total. The Bertz CT molecular complexity index is 1840. The zero-order valence-electron chi connectivity index (χ0n) is 22.0. The second-order valence-electron chi connectivity index (χ2n) is 9.12. The van der Waals surface area contributed by atoms with Crippen molar-refractivity contribution in [3.63, 3.8) is 0 Å². The van der Waals surface area contributed by atoms with Crippen LogP contribution in [0, 0.1) is 0 Å². The third-order valence-corrected chi connectivity index (χ3v) is 7.80. The molecule has 0 spiro atoms. The minimum absolute atomic E-state index is 0.395. The number of halogens is 1. The lowest BCUT2D eigenvalue weighted by Crippen LogP contribution is -2.06. The van der Waals surface area contributed by atoms with E-state index in [2.05, 4.69) is 10.3 Å². The van der Waals surface area contributed by atoms with E-state index in [-0.39, 0.29) is 0 Å². The summed E-state index contributed by atoms with van der Waals surface area (Å²) >= 11 is 7.61. The highest BCUT2D eigenvalue weighted by molar-refractivity contribution is 7.99. The van der Waals surface area contributed by atoms with Gasteiger partial charge in [0.1, 0.15) is 5.75 Å². The van der Waals surface area contributed by atoms with E-state index in [4.69, 9.17) is 26.4 Å². The van der Waals surface area contributed by atoms with Gasteiger partial charge < -0.3 is 9.94 Å². The van der Waals surface area contributed by atoms with Crippen LogP contribution in [0.4, 0.5) is 0 Å². The summed E-state index contributed by atoms with van der Waals surface area (Å²) in [6, 6.07) is 35.0. The Kier molecular flexibility index (Phi) is 7.67. The minimum atomic E-state index is 0.395. The number of methoxy groups -OCH3 is 1. The molecule has 0 radical (unpaired) electrons. The van der Waals surface area contributed by atoms with Crippen molar-refractivity contribution < 1.29 is 9.94 Å². The average Bonchev–Trinajstić information content (AvgIpc) is 3.45. The van der Waals surface area contributed by atoms with Crippen LogP contribution >= 0.6 is 23.4 Å². The number of hydrogen-bond donors (Lipinski definition) is 1. The number of oxime groups is 1. The maximum atomic E-state index is 9.76. The Labute approximate surface area is 246 Å². The molecule has 41 heavy (non-hydrogen) atoms. The van der Waals surface area contributed by atoms with Gasteiger partial charge in [0.15, 0.2) is 11.0 Å². The molecule has 0 aliphatic heterocycles. The van der Waals surface area contributed by atoms with E-state index >= 15 is 0 Å². The third kappa shape index (κ3) is 5.52. The standard InChI is InChI=1S/C32H24ClN5O2S/c1-40-25-16-17-28-26(18-25)27(19-29(34-28)22-12-14-23(33)15-13-22)31-35-36-32(38(31)24-10-6-3-7-11-24)41-20-30(37-39)21-8-4-2-5-9-21/h2-19,39H,20H2,1H3/b37-30+. The van der Waals surface area contributed by atoms with E-state index in [1.807, 2.05) is 114 Å². The number of pyridine rings is 1. The number of fused-ring (bicyclic) bond motifs is 1. The smallest absolute Gasteiger partial charge is 0.196 e. The zero-order valence-corrected chi connectivity index (χ0v) is 23.5. The van der Waals surface area contributed by atoms with Crippen LogP contribution in [0.2, 0.25) is 5.02 Å². The van der Waals surface area contributed by atoms with E-state index in [9.17, 15) is 5.21 Å². The first-order valence-electron chi connectivity index (χ1n) is 12.8. The van der Waals surface area contributed by atoms with Gasteiger partial charge in [-0.15, -0.1) is 10.2 Å². The van der Waals surface area contributed by atoms with Crippen molar-refractivity contribution in [1.82, 2.24) is 19.7 Å². The summed E-state index contributed by atoms with van der Waals surface area (Å²) < 4.78 is 7.57. The molecular formula is C32H24ClN5O2S. The molecule has 4 aromatic carbocycles. The molecule has 2 aromatic heterocycles. The third-order valence-electron chi connectivity index (χ3n) is 6.61. The molecule has 0 saturated carbocycles. The SMILES string of the molecule is COc1ccc2nc(-c3ccc(Cl)cc3)cc(-c3nnc(SC/C(=N\O)c4ccccc4)n3-c3ccccc3)c2c1. The van der Waals surface area contributed by atoms with Crippen LogP contribution in [0.5, 0.6) is 5.75 Å². The van der Waals surface area contributed by atoms with Crippen molar-refractivity contribution in [2.45, 2.75) is 5.16 Å². The van der Waals surface area contributed by atoms with Crippen molar-refractivity contribution in [2.75, 3.05) is 12.9 Å². The summed E-state index contributed by atoms with van der Waals surface area (Å²) in [6.45, 7) is 0. The van der Waals surface area contributed by atoms with E-state index in [1.54, 1.807) is 7.11 Å². The topological polar surface area (TPSA) is 85.4 Å². The molecule has 1 N–H and O–H groups in total. The van der Waals surface area contributed by atoms with Crippen molar-refractivity contribution in [2.24, 2.45) is 5.16 Å². The molecule has 6 aromatic rings. The van der Waals surface area contributed by atoms with Crippen molar-refractivity contribution in [3.8, 4) is 34.1 Å². The molecular weight excluding hydrogens is 554 g/mol. The lowest BCUT2D eigenvalue weighted by molar-refractivity contribution is 0.319. The molecule has 0 saturated heterocycles. The fourth-order valence-corrected chi connectivity index (χ4v) is 5.60. The number of hydrogen-bond acceptors (Lipinski definition) is 7. The number of aromatic nitrogens is 4. The highest BCUT2D eigenvalue weighted by atomic mass is 35.5. The van der Waals surface area contributed by atoms with Crippen LogP contribution in [-0.2, 0) is 0 Å². The Balaban J connectivity index is 1.51. The molecule has 0 fully saturated rings. The van der Waals surface area contributed by atoms with E-state index in [0.29, 0.717) is 33.2 Å². The van der Waals surface area contributed by atoms with Gasteiger partial charge in [-0.05, 0) is 48.5 Å². The van der Waals surface area contributed by atoms with Crippen molar-refractivity contribution in [3.05, 3.63) is 120 Å². The summed E-state index contributed by atoms with van der Waals surface area (Å²) in [7, 11) is 1.64. The molecule has 0 atom stereocenters. The second kappa shape index (κ2) is 11.8. The number of ether oxygens (including phenoxy) is 1. The predicted octanol–water partition coefficient (Wildman–Crippen LogP) is 7.78. The first-order valence-corrected chi connectivity index (χ1v) is 14.2. The molecule has 2 heterocycles. The lowest BCUT2D eigenvalue weighted by atomic mass is 10.0. The Morgan fingerprint density at radius 2 is 1.63 bits per heavy atom. The number of nitrogens with zero attached hydrogens (tertiary/aromatic N) is 5. The Morgan fingerprint density at radius 3 is 2.34 bits per heavy atom. The number of benzene rings is 4. The first-order chi connectivity index (χ1) is 20.1. The Morgan fingerprint density at radius 1 is 0.902 bits per heavy atom. The van der Waals surface area contributed by atoms with Crippen LogP contribution in [0.25, 0.3) is 39.2 Å². The quantitative estimate of drug-likeness (QED) is 0.0860. The molecule has 9 heteroatoms. The molecule has 0 aliphatic rings. The molecule has 0 aliphatic carbocycles. The van der Waals surface area contributed by atoms with Crippen molar-refractivity contribution >= 4 is 40.0 Å². The van der Waals surface area contributed by atoms with Gasteiger partial charge in [0.25, 0.3) is 0 Å². The van der Waals surface area contributed by atoms with Gasteiger partial charge in [0.05, 0.1) is 24.0 Å². The lowest BCUT2D eigenvalue weighted by Gasteiger charge is -2.14. The van der Waals surface area contributed by atoms with Gasteiger partial charge in [0, 0.05) is 38.5 Å².